The molecule has 0 saturated carbocycles. The number of nitrogen functional groups attached to an aromatic ring is 1. The van der Waals surface area contributed by atoms with E-state index < -0.39 is 11.7 Å². The van der Waals surface area contributed by atoms with E-state index in [1.54, 1.807) is 0 Å². The van der Waals surface area contributed by atoms with Crippen LogP contribution in [0.1, 0.15) is 32.8 Å². The normalized spacial score (nSPS) is 10.5. The van der Waals surface area contributed by atoms with E-state index >= 15 is 0 Å². The number of halogens is 3. The first-order valence-electron chi connectivity index (χ1n) is 5.57. The van der Waals surface area contributed by atoms with E-state index in [0.29, 0.717) is 12.2 Å². The minimum absolute atomic E-state index is 0.113. The van der Waals surface area contributed by atoms with Gasteiger partial charge in [0.15, 0.2) is 0 Å². The molecule has 0 aromatic heterocycles. The number of nitrogens with two attached hydrogens (primary N) is 1. The molecule has 0 aliphatic heterocycles. The van der Waals surface area contributed by atoms with Crippen LogP contribution in [-0.2, 0) is 6.18 Å². The Balaban J connectivity index is 0.000000770. The van der Waals surface area contributed by atoms with Gasteiger partial charge in [0.1, 0.15) is 0 Å². The quantitative estimate of drug-likeness (QED) is 0.772. The Morgan fingerprint density at radius 2 is 1.71 bits per heavy atom. The first kappa shape index (κ1) is 15.6. The van der Waals surface area contributed by atoms with E-state index in [1.807, 2.05) is 6.92 Å². The van der Waals surface area contributed by atoms with Gasteiger partial charge in [0.2, 0.25) is 0 Å². The van der Waals surface area contributed by atoms with Gasteiger partial charge in [-0.25, -0.2) is 0 Å². The molecule has 1 rings (SSSR count). The number of anilines is 2. The largest absolute Gasteiger partial charge is 0.416 e. The average molecular weight is 248 g/mol. The molecule has 0 heterocycles. The van der Waals surface area contributed by atoms with Gasteiger partial charge >= 0.3 is 6.18 Å². The molecule has 0 saturated heterocycles. The fourth-order valence-electron chi connectivity index (χ4n) is 1.09. The summed E-state index contributed by atoms with van der Waals surface area (Å²) < 4.78 is 36.6. The number of hydrogen-bond donors (Lipinski definition) is 2. The van der Waals surface area contributed by atoms with Crippen molar-refractivity contribution < 1.29 is 13.2 Å². The highest BCUT2D eigenvalue weighted by atomic mass is 19.4. The maximum absolute atomic E-state index is 12.2. The van der Waals surface area contributed by atoms with Gasteiger partial charge in [-0.15, -0.1) is 0 Å². The maximum Gasteiger partial charge on any atom is 0.416 e. The zero-order valence-corrected chi connectivity index (χ0v) is 10.4. The Bertz CT molecular complexity index is 335. The standard InChI is InChI=1S/C9H11F3N2.C3H8/c1-2-14-8-4-3-6(5-7(8)13)9(10,11)12;1-3-2/h3-5,14H,2,13H2,1H3;3H2,1-2H3. The lowest BCUT2D eigenvalue weighted by Crippen LogP contribution is -2.07. The molecule has 0 aliphatic rings. The highest BCUT2D eigenvalue weighted by Gasteiger charge is 2.30. The number of rotatable bonds is 2. The first-order valence-corrected chi connectivity index (χ1v) is 5.57. The molecular weight excluding hydrogens is 229 g/mol. The van der Waals surface area contributed by atoms with Crippen molar-refractivity contribution in [3.8, 4) is 0 Å². The van der Waals surface area contributed by atoms with Gasteiger partial charge in [-0.1, -0.05) is 20.3 Å². The lowest BCUT2D eigenvalue weighted by molar-refractivity contribution is -0.137. The van der Waals surface area contributed by atoms with Crippen LogP contribution in [0.5, 0.6) is 0 Å². The molecule has 3 N–H and O–H groups in total. The SMILES string of the molecule is CCC.CCNc1ccc(C(F)(F)F)cc1N. The van der Waals surface area contributed by atoms with Crippen LogP contribution in [0.3, 0.4) is 0 Å². The summed E-state index contributed by atoms with van der Waals surface area (Å²) in [7, 11) is 0. The molecule has 0 amide bonds. The minimum Gasteiger partial charge on any atom is -0.397 e. The molecule has 1 aromatic carbocycles. The van der Waals surface area contributed by atoms with E-state index in [0.717, 1.165) is 12.1 Å². The van der Waals surface area contributed by atoms with Crippen molar-refractivity contribution in [1.82, 2.24) is 0 Å². The van der Waals surface area contributed by atoms with Gasteiger partial charge < -0.3 is 11.1 Å². The zero-order valence-electron chi connectivity index (χ0n) is 10.4. The Morgan fingerprint density at radius 3 is 2.06 bits per heavy atom. The summed E-state index contributed by atoms with van der Waals surface area (Å²) in [6.07, 6.45) is -3.08. The van der Waals surface area contributed by atoms with E-state index in [-0.39, 0.29) is 5.69 Å². The van der Waals surface area contributed by atoms with Crippen LogP contribution in [-0.4, -0.2) is 6.54 Å². The fraction of sp³-hybridized carbons (Fsp3) is 0.500. The van der Waals surface area contributed by atoms with Crippen molar-refractivity contribution >= 4 is 11.4 Å². The first-order chi connectivity index (χ1) is 7.86. The third kappa shape index (κ3) is 5.47. The summed E-state index contributed by atoms with van der Waals surface area (Å²) >= 11 is 0. The highest BCUT2D eigenvalue weighted by molar-refractivity contribution is 5.67. The third-order valence-corrected chi connectivity index (χ3v) is 1.75. The van der Waals surface area contributed by atoms with Gasteiger partial charge in [0, 0.05) is 6.54 Å². The molecule has 0 spiro atoms. The summed E-state index contributed by atoms with van der Waals surface area (Å²) in [6, 6.07) is 3.27. The Hall–Kier alpha value is -1.39. The number of hydrogen-bond acceptors (Lipinski definition) is 2. The Labute approximate surface area is 100 Å². The maximum atomic E-state index is 12.2. The summed E-state index contributed by atoms with van der Waals surface area (Å²) in [5.74, 6) is 0. The number of alkyl halides is 3. The fourth-order valence-corrected chi connectivity index (χ4v) is 1.09. The van der Waals surface area contributed by atoms with Crippen molar-refractivity contribution in [2.75, 3.05) is 17.6 Å². The molecule has 0 atom stereocenters. The Morgan fingerprint density at radius 1 is 1.18 bits per heavy atom. The van der Waals surface area contributed by atoms with Crippen molar-refractivity contribution in [2.24, 2.45) is 0 Å². The summed E-state index contributed by atoms with van der Waals surface area (Å²) in [5, 5.41) is 2.86. The van der Waals surface area contributed by atoms with E-state index in [4.69, 9.17) is 5.73 Å². The van der Waals surface area contributed by atoms with E-state index in [9.17, 15) is 13.2 Å². The summed E-state index contributed by atoms with van der Waals surface area (Å²) in [4.78, 5) is 0. The molecule has 17 heavy (non-hydrogen) atoms. The van der Waals surface area contributed by atoms with Crippen LogP contribution in [0.4, 0.5) is 24.5 Å². The lowest BCUT2D eigenvalue weighted by Gasteiger charge is -2.11. The average Bonchev–Trinajstić information content (AvgIpc) is 2.21. The van der Waals surface area contributed by atoms with Crippen molar-refractivity contribution in [3.63, 3.8) is 0 Å². The zero-order chi connectivity index (χ0) is 13.5. The van der Waals surface area contributed by atoms with Gasteiger partial charge in [-0.2, -0.15) is 13.2 Å². The molecule has 0 unspecified atom stereocenters. The van der Waals surface area contributed by atoms with Crippen LogP contribution < -0.4 is 11.1 Å². The molecule has 5 heteroatoms. The van der Waals surface area contributed by atoms with Gasteiger partial charge in [-0.05, 0) is 25.1 Å². The second kappa shape index (κ2) is 7.04. The van der Waals surface area contributed by atoms with Crippen molar-refractivity contribution in [2.45, 2.75) is 33.4 Å². The molecule has 0 radical (unpaired) electrons. The van der Waals surface area contributed by atoms with Crippen molar-refractivity contribution in [1.29, 1.82) is 0 Å². The van der Waals surface area contributed by atoms with Gasteiger partial charge in [-0.3, -0.25) is 0 Å². The minimum atomic E-state index is -4.33. The summed E-state index contributed by atoms with van der Waals surface area (Å²) in [6.45, 7) is 6.71. The molecule has 0 bridgehead atoms. The molecule has 2 nitrogen and oxygen atoms in total. The molecule has 0 aliphatic carbocycles. The molecular formula is C12H19F3N2. The number of benzene rings is 1. The lowest BCUT2D eigenvalue weighted by atomic mass is 10.1. The highest BCUT2D eigenvalue weighted by Crippen LogP contribution is 2.32. The topological polar surface area (TPSA) is 38.0 Å². The van der Waals surface area contributed by atoms with Crippen LogP contribution >= 0.6 is 0 Å². The van der Waals surface area contributed by atoms with Crippen LogP contribution in [0, 0.1) is 0 Å². The van der Waals surface area contributed by atoms with Crippen LogP contribution in [0.2, 0.25) is 0 Å². The predicted octanol–water partition coefficient (Wildman–Crippen LogP) is 4.14. The third-order valence-electron chi connectivity index (χ3n) is 1.75. The molecule has 98 valence electrons. The van der Waals surface area contributed by atoms with Gasteiger partial charge in [0.25, 0.3) is 0 Å². The van der Waals surface area contributed by atoms with Gasteiger partial charge in [0.05, 0.1) is 16.9 Å². The second-order valence-electron chi connectivity index (χ2n) is 3.54. The van der Waals surface area contributed by atoms with Crippen molar-refractivity contribution in [3.05, 3.63) is 23.8 Å². The monoisotopic (exact) mass is 248 g/mol. The van der Waals surface area contributed by atoms with E-state index in [2.05, 4.69) is 19.2 Å². The Kier molecular flexibility index (Phi) is 6.46. The predicted molar refractivity (Wildman–Crippen MR) is 66.0 cm³/mol. The van der Waals surface area contributed by atoms with Crippen LogP contribution in [0.25, 0.3) is 0 Å². The summed E-state index contributed by atoms with van der Waals surface area (Å²) in [5.41, 5.74) is 5.36. The molecule has 1 aromatic rings. The van der Waals surface area contributed by atoms with E-state index in [1.165, 1.54) is 12.5 Å². The molecule has 0 fully saturated rings. The smallest absolute Gasteiger partial charge is 0.397 e. The second-order valence-corrected chi connectivity index (χ2v) is 3.54. The number of nitrogens with one attached hydrogen (secondary N) is 1. The van der Waals surface area contributed by atoms with Crippen LogP contribution in [0.15, 0.2) is 18.2 Å².